The minimum Gasteiger partial charge on any atom is -0.481 e. The molecule has 0 fully saturated rings. The van der Waals surface area contributed by atoms with Crippen LogP contribution >= 0.6 is 11.3 Å². The second-order valence-corrected chi connectivity index (χ2v) is 5.16. The van der Waals surface area contributed by atoms with Crippen molar-refractivity contribution in [2.45, 2.75) is 26.2 Å². The molecular weight excluding hydrogens is 282 g/mol. The number of carbonyl (C=O) groups is 3. The van der Waals surface area contributed by atoms with E-state index in [1.165, 1.54) is 11.3 Å². The van der Waals surface area contributed by atoms with E-state index in [4.69, 9.17) is 5.11 Å². The Morgan fingerprint density at radius 2 is 2.15 bits per heavy atom. The van der Waals surface area contributed by atoms with Crippen molar-refractivity contribution in [2.24, 2.45) is 5.92 Å². The highest BCUT2D eigenvalue weighted by Crippen LogP contribution is 2.06. The van der Waals surface area contributed by atoms with Gasteiger partial charge in [-0.3, -0.25) is 14.9 Å². The van der Waals surface area contributed by atoms with Gasteiger partial charge in [0.2, 0.25) is 5.91 Å². The van der Waals surface area contributed by atoms with Crippen LogP contribution < -0.4 is 10.6 Å². The highest BCUT2D eigenvalue weighted by molar-refractivity contribution is 7.07. The maximum atomic E-state index is 11.5. The van der Waals surface area contributed by atoms with Crippen LogP contribution in [0.25, 0.3) is 0 Å². The Morgan fingerprint density at radius 3 is 2.75 bits per heavy atom. The number of thiazole rings is 1. The summed E-state index contributed by atoms with van der Waals surface area (Å²) in [5.41, 5.74) is 2.60. The Balaban J connectivity index is 2.17. The molecule has 0 saturated heterocycles. The fourth-order valence-corrected chi connectivity index (χ4v) is 2.17. The molecule has 1 aromatic rings. The predicted molar refractivity (Wildman–Crippen MR) is 73.4 cm³/mol. The van der Waals surface area contributed by atoms with Crippen LogP contribution in [0, 0.1) is 5.92 Å². The lowest BCUT2D eigenvalue weighted by atomic mass is 10.0. The maximum absolute atomic E-state index is 11.5. The van der Waals surface area contributed by atoms with E-state index in [0.717, 1.165) is 5.69 Å². The number of carboxylic acid groups (broad SMARTS) is 1. The molecule has 3 amide bonds. The van der Waals surface area contributed by atoms with E-state index in [9.17, 15) is 14.4 Å². The van der Waals surface area contributed by atoms with Crippen LogP contribution in [0.2, 0.25) is 0 Å². The van der Waals surface area contributed by atoms with Gasteiger partial charge in [0.25, 0.3) is 0 Å². The Morgan fingerprint density at radius 1 is 1.40 bits per heavy atom. The topological polar surface area (TPSA) is 108 Å². The second-order valence-electron chi connectivity index (χ2n) is 4.44. The third-order valence-electron chi connectivity index (χ3n) is 2.46. The van der Waals surface area contributed by atoms with Gasteiger partial charge < -0.3 is 10.4 Å². The van der Waals surface area contributed by atoms with Crippen molar-refractivity contribution in [3.05, 3.63) is 16.6 Å². The summed E-state index contributed by atoms with van der Waals surface area (Å²) < 4.78 is 0. The minimum atomic E-state index is -0.960. The van der Waals surface area contributed by atoms with Crippen LogP contribution in [0.15, 0.2) is 10.9 Å². The largest absolute Gasteiger partial charge is 0.481 e. The number of aliphatic carboxylic acids is 1. The molecule has 0 radical (unpaired) electrons. The van der Waals surface area contributed by atoms with E-state index in [1.807, 2.05) is 5.38 Å². The van der Waals surface area contributed by atoms with Crippen molar-refractivity contribution in [1.82, 2.24) is 15.6 Å². The molecule has 0 aromatic carbocycles. The first-order valence-corrected chi connectivity index (χ1v) is 7.08. The van der Waals surface area contributed by atoms with Gasteiger partial charge in [0.05, 0.1) is 11.2 Å². The molecule has 0 aliphatic rings. The van der Waals surface area contributed by atoms with Crippen molar-refractivity contribution < 1.29 is 19.5 Å². The van der Waals surface area contributed by atoms with Gasteiger partial charge in [-0.25, -0.2) is 9.78 Å². The number of urea groups is 1. The van der Waals surface area contributed by atoms with Crippen LogP contribution in [-0.2, 0) is 16.0 Å². The number of hydrogen-bond donors (Lipinski definition) is 3. The maximum Gasteiger partial charge on any atom is 0.321 e. The molecular formula is C12H17N3O4S. The average Bonchev–Trinajstić information content (AvgIpc) is 2.80. The standard InChI is InChI=1S/C12H17N3O4S/c1-8(5-11(17)18)4-10(16)15-12(19)13-3-2-9-6-20-7-14-9/h6-8H,2-5H2,1H3,(H,17,18)(H2,13,15,16,19). The van der Waals surface area contributed by atoms with Crippen molar-refractivity contribution in [3.8, 4) is 0 Å². The van der Waals surface area contributed by atoms with E-state index >= 15 is 0 Å². The fourth-order valence-electron chi connectivity index (χ4n) is 1.57. The van der Waals surface area contributed by atoms with E-state index in [-0.39, 0.29) is 18.8 Å². The molecule has 0 spiro atoms. The van der Waals surface area contributed by atoms with Gasteiger partial charge in [0, 0.05) is 31.2 Å². The van der Waals surface area contributed by atoms with Gasteiger partial charge in [0.1, 0.15) is 0 Å². The number of rotatable bonds is 7. The summed E-state index contributed by atoms with van der Waals surface area (Å²) in [6.07, 6.45) is 0.505. The highest BCUT2D eigenvalue weighted by Gasteiger charge is 2.14. The molecule has 3 N–H and O–H groups in total. The molecule has 8 heteroatoms. The molecule has 0 bridgehead atoms. The fraction of sp³-hybridized carbons (Fsp3) is 0.500. The normalized spacial score (nSPS) is 11.7. The monoisotopic (exact) mass is 299 g/mol. The second kappa shape index (κ2) is 8.26. The Kier molecular flexibility index (Phi) is 6.65. The summed E-state index contributed by atoms with van der Waals surface area (Å²) in [7, 11) is 0. The third kappa shape index (κ3) is 6.83. The zero-order valence-corrected chi connectivity index (χ0v) is 11.9. The average molecular weight is 299 g/mol. The van der Waals surface area contributed by atoms with Gasteiger partial charge >= 0.3 is 12.0 Å². The first-order chi connectivity index (χ1) is 9.47. The lowest BCUT2D eigenvalue weighted by Gasteiger charge is -2.09. The quantitative estimate of drug-likeness (QED) is 0.696. The molecule has 1 atom stereocenters. The number of aromatic nitrogens is 1. The molecule has 7 nitrogen and oxygen atoms in total. The molecule has 20 heavy (non-hydrogen) atoms. The minimum absolute atomic E-state index is 0.00576. The van der Waals surface area contributed by atoms with Gasteiger partial charge in [0.15, 0.2) is 0 Å². The van der Waals surface area contributed by atoms with E-state index < -0.39 is 17.9 Å². The van der Waals surface area contributed by atoms with Crippen LogP contribution in [0.4, 0.5) is 4.79 Å². The van der Waals surface area contributed by atoms with E-state index in [2.05, 4.69) is 15.6 Å². The number of nitrogens with one attached hydrogen (secondary N) is 2. The smallest absolute Gasteiger partial charge is 0.321 e. The summed E-state index contributed by atoms with van der Waals surface area (Å²) in [4.78, 5) is 37.4. The Bertz CT molecular complexity index is 461. The van der Waals surface area contributed by atoms with Crippen molar-refractivity contribution in [1.29, 1.82) is 0 Å². The number of carboxylic acids is 1. The number of amides is 3. The number of nitrogens with zero attached hydrogens (tertiary/aromatic N) is 1. The molecule has 1 unspecified atom stereocenters. The SMILES string of the molecule is CC(CC(=O)O)CC(=O)NC(=O)NCCc1cscn1. The van der Waals surface area contributed by atoms with Gasteiger partial charge in [-0.15, -0.1) is 11.3 Å². The summed E-state index contributed by atoms with van der Waals surface area (Å²) in [6.45, 7) is 2.03. The predicted octanol–water partition coefficient (Wildman–Crippen LogP) is 1.01. The zero-order chi connectivity index (χ0) is 15.0. The molecule has 0 saturated carbocycles. The van der Waals surface area contributed by atoms with Crippen LogP contribution in [0.3, 0.4) is 0 Å². The van der Waals surface area contributed by atoms with Crippen molar-refractivity contribution >= 4 is 29.2 Å². The molecule has 1 rings (SSSR count). The van der Waals surface area contributed by atoms with Crippen molar-refractivity contribution in [3.63, 3.8) is 0 Å². The number of hydrogen-bond acceptors (Lipinski definition) is 5. The zero-order valence-electron chi connectivity index (χ0n) is 11.1. The number of imide groups is 1. The molecule has 0 aliphatic carbocycles. The van der Waals surface area contributed by atoms with Crippen LogP contribution in [0.1, 0.15) is 25.5 Å². The lowest BCUT2D eigenvalue weighted by molar-refractivity contribution is -0.138. The van der Waals surface area contributed by atoms with Crippen LogP contribution in [-0.4, -0.2) is 34.5 Å². The Labute approximate surface area is 120 Å². The number of carbonyl (C=O) groups excluding carboxylic acids is 2. The van der Waals surface area contributed by atoms with Gasteiger partial charge in [-0.05, 0) is 5.92 Å². The summed E-state index contributed by atoms with van der Waals surface area (Å²) in [5.74, 6) is -1.75. The summed E-state index contributed by atoms with van der Waals surface area (Å²) >= 11 is 1.48. The van der Waals surface area contributed by atoms with E-state index in [0.29, 0.717) is 13.0 Å². The van der Waals surface area contributed by atoms with Crippen LogP contribution in [0.5, 0.6) is 0 Å². The first kappa shape index (κ1) is 16.1. The van der Waals surface area contributed by atoms with Crippen molar-refractivity contribution in [2.75, 3.05) is 6.54 Å². The summed E-state index contributed by atoms with van der Waals surface area (Å²) in [5, 5.41) is 15.2. The summed E-state index contributed by atoms with van der Waals surface area (Å²) in [6, 6.07) is -0.576. The van der Waals surface area contributed by atoms with E-state index in [1.54, 1.807) is 12.4 Å². The molecule has 0 aliphatic heterocycles. The molecule has 1 aromatic heterocycles. The molecule has 1 heterocycles. The molecule has 110 valence electrons. The van der Waals surface area contributed by atoms with Gasteiger partial charge in [-0.1, -0.05) is 6.92 Å². The third-order valence-corrected chi connectivity index (χ3v) is 3.10. The first-order valence-electron chi connectivity index (χ1n) is 6.14. The Hall–Kier alpha value is -1.96. The lowest BCUT2D eigenvalue weighted by Crippen LogP contribution is -2.40. The van der Waals surface area contributed by atoms with Gasteiger partial charge in [-0.2, -0.15) is 0 Å². The highest BCUT2D eigenvalue weighted by atomic mass is 32.1.